The largest absolute Gasteiger partial charge is 0.493 e. The van der Waals surface area contributed by atoms with Gasteiger partial charge in [0.05, 0.1) is 20.4 Å². The van der Waals surface area contributed by atoms with E-state index in [1.165, 1.54) is 0 Å². The molecular formula is C20H25N3O4. The first-order chi connectivity index (χ1) is 13.1. The van der Waals surface area contributed by atoms with E-state index in [4.69, 9.17) is 14.2 Å². The molecule has 1 fully saturated rings. The molecule has 0 atom stereocenters. The van der Waals surface area contributed by atoms with Crippen molar-refractivity contribution in [3.8, 4) is 17.2 Å². The quantitative estimate of drug-likeness (QED) is 0.871. The molecule has 0 saturated carbocycles. The molecule has 0 unspecified atom stereocenters. The number of anilines is 1. The number of ether oxygens (including phenoxy) is 3. The number of hydrogen-bond acceptors (Lipinski definition) is 5. The highest BCUT2D eigenvalue weighted by molar-refractivity contribution is 5.89. The zero-order chi connectivity index (χ0) is 19.2. The number of benzene rings is 1. The molecule has 1 aliphatic heterocycles. The van der Waals surface area contributed by atoms with Crippen LogP contribution in [0.3, 0.4) is 0 Å². The first-order valence-electron chi connectivity index (χ1n) is 8.96. The number of pyridine rings is 1. The van der Waals surface area contributed by atoms with E-state index in [2.05, 4.69) is 10.3 Å². The van der Waals surface area contributed by atoms with Crippen molar-refractivity contribution in [2.75, 3.05) is 32.6 Å². The molecule has 0 radical (unpaired) electrons. The Morgan fingerprint density at radius 2 is 1.85 bits per heavy atom. The van der Waals surface area contributed by atoms with Gasteiger partial charge in [0, 0.05) is 43.4 Å². The van der Waals surface area contributed by atoms with Crippen molar-refractivity contribution in [2.45, 2.75) is 25.9 Å². The molecule has 27 heavy (non-hydrogen) atoms. The lowest BCUT2D eigenvalue weighted by Gasteiger charge is -2.32. The van der Waals surface area contributed by atoms with Gasteiger partial charge in [-0.1, -0.05) is 0 Å². The maximum Gasteiger partial charge on any atom is 0.321 e. The first kappa shape index (κ1) is 18.8. The average Bonchev–Trinajstić information content (AvgIpc) is 2.70. The SMILES string of the molecule is COc1ccc(NC(=O)N2CCC(Oc3ccc(C)nc3)CC2)cc1OC. The molecular weight excluding hydrogens is 346 g/mol. The number of likely N-dealkylation sites (tertiary alicyclic amines) is 1. The van der Waals surface area contributed by atoms with E-state index >= 15 is 0 Å². The summed E-state index contributed by atoms with van der Waals surface area (Å²) in [6.07, 6.45) is 3.41. The van der Waals surface area contributed by atoms with Crippen molar-refractivity contribution in [1.82, 2.24) is 9.88 Å². The maximum absolute atomic E-state index is 12.5. The van der Waals surface area contributed by atoms with Gasteiger partial charge in [-0.2, -0.15) is 0 Å². The number of aromatic nitrogens is 1. The molecule has 2 amide bonds. The van der Waals surface area contributed by atoms with Crippen LogP contribution in [-0.4, -0.2) is 49.3 Å². The van der Waals surface area contributed by atoms with Gasteiger partial charge in [0.1, 0.15) is 11.9 Å². The molecule has 1 aromatic carbocycles. The molecule has 3 rings (SSSR count). The van der Waals surface area contributed by atoms with Crippen molar-refractivity contribution in [2.24, 2.45) is 0 Å². The van der Waals surface area contributed by atoms with Gasteiger partial charge >= 0.3 is 6.03 Å². The number of nitrogens with one attached hydrogen (secondary N) is 1. The van der Waals surface area contributed by atoms with Gasteiger partial charge in [-0.15, -0.1) is 0 Å². The summed E-state index contributed by atoms with van der Waals surface area (Å²) in [6, 6.07) is 9.04. The van der Waals surface area contributed by atoms with Crippen LogP contribution in [0.4, 0.5) is 10.5 Å². The van der Waals surface area contributed by atoms with Crippen LogP contribution in [0.15, 0.2) is 36.5 Å². The summed E-state index contributed by atoms with van der Waals surface area (Å²) in [5.74, 6) is 1.97. The predicted octanol–water partition coefficient (Wildman–Crippen LogP) is 3.48. The minimum atomic E-state index is -0.127. The Kier molecular flexibility index (Phi) is 6.01. The zero-order valence-corrected chi connectivity index (χ0v) is 15.9. The maximum atomic E-state index is 12.5. The van der Waals surface area contributed by atoms with E-state index < -0.39 is 0 Å². The van der Waals surface area contributed by atoms with Gasteiger partial charge in [-0.05, 0) is 31.2 Å². The second-order valence-electron chi connectivity index (χ2n) is 6.44. The molecule has 144 valence electrons. The summed E-state index contributed by atoms with van der Waals surface area (Å²) in [5, 5.41) is 2.91. The average molecular weight is 371 g/mol. The number of carbonyl (C=O) groups excluding carboxylic acids is 1. The normalized spacial score (nSPS) is 14.6. The van der Waals surface area contributed by atoms with Crippen LogP contribution in [0, 0.1) is 6.92 Å². The van der Waals surface area contributed by atoms with Crippen molar-refractivity contribution in [3.05, 3.63) is 42.2 Å². The number of hydrogen-bond donors (Lipinski definition) is 1. The Morgan fingerprint density at radius 3 is 2.48 bits per heavy atom. The Balaban J connectivity index is 1.51. The van der Waals surface area contributed by atoms with E-state index in [1.54, 1.807) is 43.5 Å². The topological polar surface area (TPSA) is 72.9 Å². The number of aryl methyl sites for hydroxylation is 1. The fourth-order valence-corrected chi connectivity index (χ4v) is 3.01. The number of piperidine rings is 1. The summed E-state index contributed by atoms with van der Waals surface area (Å²) in [7, 11) is 3.15. The van der Waals surface area contributed by atoms with Gasteiger partial charge in [0.2, 0.25) is 0 Å². The second kappa shape index (κ2) is 8.62. The molecule has 2 heterocycles. The predicted molar refractivity (Wildman–Crippen MR) is 103 cm³/mol. The third kappa shape index (κ3) is 4.81. The summed E-state index contributed by atoms with van der Waals surface area (Å²) < 4.78 is 16.4. The Bertz CT molecular complexity index is 771. The van der Waals surface area contributed by atoms with Gasteiger partial charge in [0.25, 0.3) is 0 Å². The van der Waals surface area contributed by atoms with Gasteiger partial charge in [-0.3, -0.25) is 4.98 Å². The van der Waals surface area contributed by atoms with Crippen LogP contribution in [0.1, 0.15) is 18.5 Å². The number of methoxy groups -OCH3 is 2. The first-order valence-corrected chi connectivity index (χ1v) is 8.96. The Labute approximate surface area is 159 Å². The standard InChI is InChI=1S/C20H25N3O4/c1-14-4-6-17(13-21-14)27-16-8-10-23(11-9-16)20(24)22-15-5-7-18(25-2)19(12-15)26-3/h4-7,12-13,16H,8-11H2,1-3H3,(H,22,24). The van der Waals surface area contributed by atoms with Crippen molar-refractivity contribution >= 4 is 11.7 Å². The summed E-state index contributed by atoms with van der Waals surface area (Å²) in [6.45, 7) is 3.23. The third-order valence-corrected chi connectivity index (χ3v) is 4.55. The van der Waals surface area contributed by atoms with Crippen LogP contribution in [0.25, 0.3) is 0 Å². The summed E-state index contributed by atoms with van der Waals surface area (Å²) in [4.78, 5) is 18.6. The smallest absolute Gasteiger partial charge is 0.321 e. The third-order valence-electron chi connectivity index (χ3n) is 4.55. The number of rotatable bonds is 5. The van der Waals surface area contributed by atoms with Crippen LogP contribution >= 0.6 is 0 Å². The lowest BCUT2D eigenvalue weighted by molar-refractivity contribution is 0.115. The molecule has 2 aromatic rings. The second-order valence-corrected chi connectivity index (χ2v) is 6.44. The highest BCUT2D eigenvalue weighted by Crippen LogP contribution is 2.30. The Morgan fingerprint density at radius 1 is 1.11 bits per heavy atom. The number of urea groups is 1. The van der Waals surface area contributed by atoms with Crippen LogP contribution in [-0.2, 0) is 0 Å². The molecule has 1 saturated heterocycles. The molecule has 7 heteroatoms. The van der Waals surface area contributed by atoms with Crippen LogP contribution in [0.5, 0.6) is 17.2 Å². The van der Waals surface area contributed by atoms with Crippen molar-refractivity contribution in [3.63, 3.8) is 0 Å². The zero-order valence-electron chi connectivity index (χ0n) is 15.9. The molecule has 7 nitrogen and oxygen atoms in total. The van der Waals surface area contributed by atoms with E-state index in [9.17, 15) is 4.79 Å². The number of nitrogens with zero attached hydrogens (tertiary/aromatic N) is 2. The van der Waals surface area contributed by atoms with Crippen LogP contribution in [0.2, 0.25) is 0 Å². The molecule has 1 aromatic heterocycles. The fraction of sp³-hybridized carbons (Fsp3) is 0.400. The minimum absolute atomic E-state index is 0.0969. The lowest BCUT2D eigenvalue weighted by Crippen LogP contribution is -2.43. The Hall–Kier alpha value is -2.96. The van der Waals surface area contributed by atoms with E-state index in [-0.39, 0.29) is 12.1 Å². The number of amides is 2. The van der Waals surface area contributed by atoms with Crippen molar-refractivity contribution < 1.29 is 19.0 Å². The van der Waals surface area contributed by atoms with Gasteiger partial charge in [0.15, 0.2) is 11.5 Å². The number of carbonyl (C=O) groups is 1. The van der Waals surface area contributed by atoms with E-state index in [1.807, 2.05) is 19.1 Å². The molecule has 1 N–H and O–H groups in total. The van der Waals surface area contributed by atoms with Crippen LogP contribution < -0.4 is 19.5 Å². The fourth-order valence-electron chi connectivity index (χ4n) is 3.01. The lowest BCUT2D eigenvalue weighted by atomic mass is 10.1. The van der Waals surface area contributed by atoms with Gasteiger partial charge in [-0.25, -0.2) is 4.79 Å². The van der Waals surface area contributed by atoms with Crippen molar-refractivity contribution in [1.29, 1.82) is 0 Å². The highest BCUT2D eigenvalue weighted by atomic mass is 16.5. The molecule has 0 aliphatic carbocycles. The summed E-state index contributed by atoms with van der Waals surface area (Å²) >= 11 is 0. The van der Waals surface area contributed by atoms with E-state index in [0.29, 0.717) is 30.3 Å². The van der Waals surface area contributed by atoms with E-state index in [0.717, 1.165) is 24.3 Å². The minimum Gasteiger partial charge on any atom is -0.493 e. The monoisotopic (exact) mass is 371 g/mol. The molecule has 1 aliphatic rings. The van der Waals surface area contributed by atoms with Gasteiger partial charge < -0.3 is 24.4 Å². The molecule has 0 spiro atoms. The molecule has 0 bridgehead atoms. The highest BCUT2D eigenvalue weighted by Gasteiger charge is 2.24. The summed E-state index contributed by atoms with van der Waals surface area (Å²) in [5.41, 5.74) is 1.63.